The van der Waals surface area contributed by atoms with E-state index in [4.69, 9.17) is 14.3 Å². The Morgan fingerprint density at radius 2 is 1.61 bits per heavy atom. The monoisotopic (exact) mass is 388 g/mol. The highest BCUT2D eigenvalue weighted by Crippen LogP contribution is 2.24. The third-order valence-electron chi connectivity index (χ3n) is 4.06. The lowest BCUT2D eigenvalue weighted by Crippen LogP contribution is -2.30. The first kappa shape index (κ1) is 21.0. The maximum atomic E-state index is 12.3. The summed E-state index contributed by atoms with van der Waals surface area (Å²) in [6, 6.07) is 5.03. The van der Waals surface area contributed by atoms with Crippen molar-refractivity contribution in [3.63, 3.8) is 0 Å². The third-order valence-corrected chi connectivity index (χ3v) is 4.06. The van der Waals surface area contributed by atoms with Gasteiger partial charge in [-0.2, -0.15) is 0 Å². The van der Waals surface area contributed by atoms with Crippen LogP contribution >= 0.6 is 0 Å². The van der Waals surface area contributed by atoms with Crippen LogP contribution in [0.2, 0.25) is 0 Å². The lowest BCUT2D eigenvalue weighted by molar-refractivity contribution is -0.139. The first-order chi connectivity index (χ1) is 13.3. The fourth-order valence-electron chi connectivity index (χ4n) is 2.72. The number of hydrogen-bond donors (Lipinski definition) is 3. The van der Waals surface area contributed by atoms with E-state index in [1.807, 2.05) is 0 Å². The van der Waals surface area contributed by atoms with E-state index in [9.17, 15) is 14.4 Å². The number of hydrogen-bond acceptors (Lipinski definition) is 5. The van der Waals surface area contributed by atoms with Crippen molar-refractivity contribution in [2.24, 2.45) is 0 Å². The number of carbonyl (C=O) groups is 3. The molecule has 1 aromatic heterocycles. The number of carboxylic acids is 1. The first-order valence-electron chi connectivity index (χ1n) is 8.86. The van der Waals surface area contributed by atoms with Crippen molar-refractivity contribution in [2.75, 3.05) is 19.7 Å². The van der Waals surface area contributed by atoms with E-state index < -0.39 is 12.6 Å². The molecule has 8 heteroatoms. The molecule has 0 atom stereocenters. The minimum Gasteiger partial charge on any atom is -0.481 e. The summed E-state index contributed by atoms with van der Waals surface area (Å²) >= 11 is 0. The molecule has 0 spiro atoms. The van der Waals surface area contributed by atoms with E-state index in [1.54, 1.807) is 39.0 Å². The fourth-order valence-corrected chi connectivity index (χ4v) is 2.72. The zero-order valence-electron chi connectivity index (χ0n) is 16.1. The van der Waals surface area contributed by atoms with Crippen molar-refractivity contribution in [3.05, 3.63) is 52.5 Å². The van der Waals surface area contributed by atoms with Gasteiger partial charge in [0.2, 0.25) is 0 Å². The summed E-state index contributed by atoms with van der Waals surface area (Å²) in [6.07, 6.45) is 2.03. The van der Waals surface area contributed by atoms with E-state index >= 15 is 0 Å². The summed E-state index contributed by atoms with van der Waals surface area (Å²) in [5, 5.41) is 14.3. The Morgan fingerprint density at radius 1 is 1.00 bits per heavy atom. The molecular weight excluding hydrogens is 364 g/mol. The number of benzene rings is 1. The van der Waals surface area contributed by atoms with Gasteiger partial charge in [-0.15, -0.1) is 0 Å². The molecule has 1 aromatic carbocycles. The molecule has 3 N–H and O–H groups in total. The summed E-state index contributed by atoms with van der Waals surface area (Å²) in [5.74, 6) is -0.828. The summed E-state index contributed by atoms with van der Waals surface area (Å²) in [4.78, 5) is 34.9. The molecular formula is C20H24N2O6. The van der Waals surface area contributed by atoms with Crippen LogP contribution in [0, 0.1) is 20.8 Å². The van der Waals surface area contributed by atoms with Crippen LogP contribution in [-0.4, -0.2) is 42.6 Å². The quantitative estimate of drug-likeness (QED) is 0.567. The smallest absolute Gasteiger partial charge is 0.341 e. The predicted octanol–water partition coefficient (Wildman–Crippen LogP) is 2.22. The molecule has 2 amide bonds. The number of carboxylic acid groups (broad SMARTS) is 1. The lowest BCUT2D eigenvalue weighted by Gasteiger charge is -2.13. The molecule has 0 saturated carbocycles. The van der Waals surface area contributed by atoms with Crippen molar-refractivity contribution in [1.29, 1.82) is 0 Å². The van der Waals surface area contributed by atoms with Crippen LogP contribution < -0.4 is 15.4 Å². The fraction of sp³-hybridized carbons (Fsp3) is 0.350. The van der Waals surface area contributed by atoms with Crippen molar-refractivity contribution >= 4 is 17.8 Å². The Bertz CT molecular complexity index is 848. The predicted molar refractivity (Wildman–Crippen MR) is 102 cm³/mol. The Morgan fingerprint density at radius 3 is 2.14 bits per heavy atom. The van der Waals surface area contributed by atoms with Crippen molar-refractivity contribution in [2.45, 2.75) is 27.2 Å². The van der Waals surface area contributed by atoms with E-state index in [-0.39, 0.29) is 11.8 Å². The Labute approximate surface area is 162 Å². The second-order valence-corrected chi connectivity index (χ2v) is 6.42. The van der Waals surface area contributed by atoms with Gasteiger partial charge >= 0.3 is 5.97 Å². The van der Waals surface area contributed by atoms with E-state index in [0.717, 1.165) is 5.56 Å². The molecule has 8 nitrogen and oxygen atoms in total. The van der Waals surface area contributed by atoms with Crippen LogP contribution in [0.1, 0.15) is 44.0 Å². The normalized spacial score (nSPS) is 10.4. The maximum absolute atomic E-state index is 12.3. The van der Waals surface area contributed by atoms with Gasteiger partial charge in [-0.25, -0.2) is 4.79 Å². The van der Waals surface area contributed by atoms with Crippen LogP contribution in [-0.2, 0) is 4.79 Å². The number of nitrogens with one attached hydrogen (secondary N) is 2. The Kier molecular flexibility index (Phi) is 7.20. The van der Waals surface area contributed by atoms with Crippen molar-refractivity contribution in [1.82, 2.24) is 10.6 Å². The maximum Gasteiger partial charge on any atom is 0.341 e. The molecule has 0 bridgehead atoms. The van der Waals surface area contributed by atoms with Crippen molar-refractivity contribution in [3.8, 4) is 5.75 Å². The Hall–Kier alpha value is -3.29. The van der Waals surface area contributed by atoms with Crippen LogP contribution in [0.4, 0.5) is 0 Å². The highest BCUT2D eigenvalue weighted by Gasteiger charge is 2.13. The minimum atomic E-state index is -1.06. The molecule has 0 fully saturated rings. The van der Waals surface area contributed by atoms with Gasteiger partial charge in [0, 0.05) is 24.2 Å². The number of amides is 2. The lowest BCUT2D eigenvalue weighted by atomic mass is 10.1. The van der Waals surface area contributed by atoms with E-state index in [0.29, 0.717) is 47.7 Å². The SMILES string of the molecule is Cc1ccoc1C(=O)NCCCNC(=O)c1cc(C)c(OCC(=O)O)c(C)c1. The molecule has 2 rings (SSSR count). The van der Waals surface area contributed by atoms with E-state index in [2.05, 4.69) is 10.6 Å². The number of ether oxygens (including phenoxy) is 1. The second-order valence-electron chi connectivity index (χ2n) is 6.42. The number of aryl methyl sites for hydroxylation is 3. The topological polar surface area (TPSA) is 118 Å². The molecule has 0 aliphatic heterocycles. The van der Waals surface area contributed by atoms with Crippen LogP contribution in [0.15, 0.2) is 28.9 Å². The van der Waals surface area contributed by atoms with Gasteiger partial charge in [-0.3, -0.25) is 9.59 Å². The largest absolute Gasteiger partial charge is 0.481 e. The van der Waals surface area contributed by atoms with Crippen molar-refractivity contribution < 1.29 is 28.6 Å². The number of carbonyl (C=O) groups excluding carboxylic acids is 2. The summed E-state index contributed by atoms with van der Waals surface area (Å²) < 4.78 is 10.4. The molecule has 0 saturated heterocycles. The molecule has 0 radical (unpaired) electrons. The molecule has 28 heavy (non-hydrogen) atoms. The van der Waals surface area contributed by atoms with Crippen LogP contribution in [0.25, 0.3) is 0 Å². The summed E-state index contributed by atoms with van der Waals surface area (Å²) in [5.41, 5.74) is 2.61. The standard InChI is InChI=1S/C20H24N2O6/c1-12-5-8-27-18(12)20(26)22-7-4-6-21-19(25)15-9-13(2)17(14(3)10-15)28-11-16(23)24/h5,8-10H,4,6-7,11H2,1-3H3,(H,21,25)(H,22,26)(H,23,24). The van der Waals surface area contributed by atoms with E-state index in [1.165, 1.54) is 6.26 Å². The first-order valence-corrected chi connectivity index (χ1v) is 8.86. The molecule has 0 aliphatic carbocycles. The van der Waals surface area contributed by atoms with Gasteiger partial charge in [0.15, 0.2) is 12.4 Å². The van der Waals surface area contributed by atoms with Gasteiger partial charge in [-0.05, 0) is 56.5 Å². The molecule has 150 valence electrons. The summed E-state index contributed by atoms with van der Waals surface area (Å²) in [7, 11) is 0. The van der Waals surface area contributed by atoms with Crippen LogP contribution in [0.3, 0.4) is 0 Å². The number of aliphatic carboxylic acids is 1. The van der Waals surface area contributed by atoms with Gasteiger partial charge in [-0.1, -0.05) is 0 Å². The molecule has 0 aliphatic rings. The highest BCUT2D eigenvalue weighted by molar-refractivity contribution is 5.95. The average molecular weight is 388 g/mol. The number of rotatable bonds is 9. The van der Waals surface area contributed by atoms with Gasteiger partial charge in [0.1, 0.15) is 5.75 Å². The van der Waals surface area contributed by atoms with Gasteiger partial charge < -0.3 is 24.9 Å². The average Bonchev–Trinajstić information content (AvgIpc) is 3.06. The molecule has 0 unspecified atom stereocenters. The Balaban J connectivity index is 1.80. The molecule has 2 aromatic rings. The van der Waals surface area contributed by atoms with Gasteiger partial charge in [0.05, 0.1) is 6.26 Å². The third kappa shape index (κ3) is 5.60. The van der Waals surface area contributed by atoms with Gasteiger partial charge in [0.25, 0.3) is 11.8 Å². The number of furan rings is 1. The summed E-state index contributed by atoms with van der Waals surface area (Å²) in [6.45, 7) is 5.67. The minimum absolute atomic E-state index is 0.246. The van der Waals surface area contributed by atoms with Crippen LogP contribution in [0.5, 0.6) is 5.75 Å². The zero-order chi connectivity index (χ0) is 20.7. The highest BCUT2D eigenvalue weighted by atomic mass is 16.5. The zero-order valence-corrected chi connectivity index (χ0v) is 16.1. The molecule has 1 heterocycles. The second kappa shape index (κ2) is 9.59.